The molecule has 0 fully saturated rings. The molecule has 86 valence electrons. The van der Waals surface area contributed by atoms with Gasteiger partial charge in [0.15, 0.2) is 0 Å². The van der Waals surface area contributed by atoms with Crippen LogP contribution in [0.3, 0.4) is 0 Å². The zero-order chi connectivity index (χ0) is 11.8. The van der Waals surface area contributed by atoms with E-state index in [-0.39, 0.29) is 12.5 Å². The van der Waals surface area contributed by atoms with Crippen LogP contribution in [-0.4, -0.2) is 36.1 Å². The number of nitrogens with zero attached hydrogens (tertiary/aromatic N) is 1. The van der Waals surface area contributed by atoms with Gasteiger partial charge in [0.25, 0.3) is 5.91 Å². The van der Waals surface area contributed by atoms with E-state index in [0.29, 0.717) is 12.1 Å². The molecule has 1 aliphatic heterocycles. The van der Waals surface area contributed by atoms with Gasteiger partial charge in [-0.1, -0.05) is 18.2 Å². The van der Waals surface area contributed by atoms with Crippen LogP contribution in [0.15, 0.2) is 24.3 Å². The van der Waals surface area contributed by atoms with Crippen LogP contribution < -0.4 is 0 Å². The van der Waals surface area contributed by atoms with Crippen molar-refractivity contribution in [1.82, 2.24) is 4.90 Å². The van der Waals surface area contributed by atoms with Crippen molar-refractivity contribution >= 4 is 16.0 Å². The SMILES string of the molecule is O=C1c2ccccc2CN1CCS(=O)(=O)[O-]. The smallest absolute Gasteiger partial charge is 0.254 e. The molecule has 1 aromatic carbocycles. The summed E-state index contributed by atoms with van der Waals surface area (Å²) in [4.78, 5) is 13.1. The summed E-state index contributed by atoms with van der Waals surface area (Å²) in [5.74, 6) is -0.744. The Morgan fingerprint density at radius 2 is 2.00 bits per heavy atom. The molecule has 6 heteroatoms. The largest absolute Gasteiger partial charge is 0.748 e. The first-order valence-electron chi connectivity index (χ1n) is 4.78. The highest BCUT2D eigenvalue weighted by atomic mass is 32.2. The third-order valence-electron chi connectivity index (χ3n) is 2.51. The van der Waals surface area contributed by atoms with Gasteiger partial charge in [-0.3, -0.25) is 4.79 Å². The van der Waals surface area contributed by atoms with E-state index in [1.807, 2.05) is 12.1 Å². The van der Waals surface area contributed by atoms with Gasteiger partial charge in [0, 0.05) is 18.7 Å². The average molecular weight is 240 g/mol. The fraction of sp³-hybridized carbons (Fsp3) is 0.300. The van der Waals surface area contributed by atoms with Crippen molar-refractivity contribution in [1.29, 1.82) is 0 Å². The van der Waals surface area contributed by atoms with Crippen molar-refractivity contribution in [2.75, 3.05) is 12.3 Å². The lowest BCUT2D eigenvalue weighted by Crippen LogP contribution is -2.29. The molecule has 16 heavy (non-hydrogen) atoms. The number of carbonyl (C=O) groups excluding carboxylic acids is 1. The lowest BCUT2D eigenvalue weighted by Gasteiger charge is -2.16. The summed E-state index contributed by atoms with van der Waals surface area (Å²) < 4.78 is 31.4. The van der Waals surface area contributed by atoms with Crippen LogP contribution in [-0.2, 0) is 16.7 Å². The summed E-state index contributed by atoms with van der Waals surface area (Å²) in [6, 6.07) is 7.09. The molecule has 0 aromatic heterocycles. The van der Waals surface area contributed by atoms with E-state index in [2.05, 4.69) is 0 Å². The maximum absolute atomic E-state index is 11.7. The second-order valence-corrected chi connectivity index (χ2v) is 5.17. The third kappa shape index (κ3) is 2.23. The molecular formula is C10H10NO4S-. The van der Waals surface area contributed by atoms with E-state index in [1.54, 1.807) is 12.1 Å². The molecule has 1 amide bonds. The minimum atomic E-state index is -4.27. The molecule has 0 radical (unpaired) electrons. The third-order valence-corrected chi connectivity index (χ3v) is 3.19. The number of fused-ring (bicyclic) bond motifs is 1. The number of hydrogen-bond acceptors (Lipinski definition) is 4. The van der Waals surface area contributed by atoms with Crippen molar-refractivity contribution in [2.45, 2.75) is 6.54 Å². The number of rotatable bonds is 3. The Kier molecular flexibility index (Phi) is 2.69. The Balaban J connectivity index is 2.11. The first kappa shape index (κ1) is 11.1. The Morgan fingerprint density at radius 3 is 2.62 bits per heavy atom. The van der Waals surface area contributed by atoms with Gasteiger partial charge < -0.3 is 9.45 Å². The van der Waals surface area contributed by atoms with Gasteiger partial charge in [-0.15, -0.1) is 0 Å². The molecule has 0 atom stereocenters. The molecule has 0 unspecified atom stereocenters. The van der Waals surface area contributed by atoms with Crippen LogP contribution in [0.4, 0.5) is 0 Å². The van der Waals surface area contributed by atoms with Gasteiger partial charge >= 0.3 is 0 Å². The summed E-state index contributed by atoms with van der Waals surface area (Å²) in [5.41, 5.74) is 1.46. The van der Waals surface area contributed by atoms with E-state index in [9.17, 15) is 17.8 Å². The van der Waals surface area contributed by atoms with Crippen molar-refractivity contribution in [2.24, 2.45) is 0 Å². The maximum Gasteiger partial charge on any atom is 0.254 e. The number of hydrogen-bond donors (Lipinski definition) is 0. The molecule has 0 saturated carbocycles. The highest BCUT2D eigenvalue weighted by molar-refractivity contribution is 7.85. The lowest BCUT2D eigenvalue weighted by atomic mass is 10.1. The maximum atomic E-state index is 11.7. The molecule has 0 spiro atoms. The summed E-state index contributed by atoms with van der Waals surface area (Å²) >= 11 is 0. The van der Waals surface area contributed by atoms with Crippen LogP contribution in [0.25, 0.3) is 0 Å². The molecule has 0 aliphatic carbocycles. The van der Waals surface area contributed by atoms with Crippen LogP contribution in [0.2, 0.25) is 0 Å². The Labute approximate surface area is 93.4 Å². The molecule has 1 heterocycles. The molecular weight excluding hydrogens is 230 g/mol. The molecule has 5 nitrogen and oxygen atoms in total. The Morgan fingerprint density at radius 1 is 1.31 bits per heavy atom. The van der Waals surface area contributed by atoms with E-state index < -0.39 is 15.9 Å². The fourth-order valence-corrected chi connectivity index (χ4v) is 2.16. The second-order valence-electron chi connectivity index (χ2n) is 3.65. The van der Waals surface area contributed by atoms with Gasteiger partial charge in [-0.05, 0) is 11.6 Å². The fourth-order valence-electron chi connectivity index (χ4n) is 1.72. The van der Waals surface area contributed by atoms with Crippen molar-refractivity contribution in [3.8, 4) is 0 Å². The lowest BCUT2D eigenvalue weighted by molar-refractivity contribution is 0.0788. The predicted octanol–water partition coefficient (Wildman–Crippen LogP) is 0.188. The van der Waals surface area contributed by atoms with E-state index in [1.165, 1.54) is 4.90 Å². The quantitative estimate of drug-likeness (QED) is 0.706. The van der Waals surface area contributed by atoms with Crippen molar-refractivity contribution in [3.05, 3.63) is 35.4 Å². The minimum absolute atomic E-state index is 0.0423. The van der Waals surface area contributed by atoms with Gasteiger partial charge in [0.1, 0.15) is 0 Å². The molecule has 0 bridgehead atoms. The highest BCUT2D eigenvalue weighted by Gasteiger charge is 2.26. The summed E-state index contributed by atoms with van der Waals surface area (Å²) in [6.45, 7) is 0.337. The molecule has 0 saturated heterocycles. The highest BCUT2D eigenvalue weighted by Crippen LogP contribution is 2.21. The van der Waals surface area contributed by atoms with Gasteiger partial charge in [-0.2, -0.15) is 0 Å². The van der Waals surface area contributed by atoms with Gasteiger partial charge in [0.05, 0.1) is 15.9 Å². The van der Waals surface area contributed by atoms with E-state index in [0.717, 1.165) is 5.56 Å². The molecule has 1 aromatic rings. The number of amides is 1. The monoisotopic (exact) mass is 240 g/mol. The standard InChI is InChI=1S/C10H11NO4S/c12-10-9-4-2-1-3-8(9)7-11(10)5-6-16(13,14)15/h1-4H,5-7H2,(H,13,14,15)/p-1. The molecule has 2 rings (SSSR count). The van der Waals surface area contributed by atoms with E-state index in [4.69, 9.17) is 0 Å². The second kappa shape index (κ2) is 3.88. The first-order chi connectivity index (χ1) is 7.47. The number of benzene rings is 1. The summed E-state index contributed by atoms with van der Waals surface area (Å²) in [6.07, 6.45) is 0. The molecule has 1 aliphatic rings. The normalized spacial score (nSPS) is 15.3. The zero-order valence-electron chi connectivity index (χ0n) is 8.42. The van der Waals surface area contributed by atoms with E-state index >= 15 is 0 Å². The Bertz CT molecular complexity index is 523. The van der Waals surface area contributed by atoms with Gasteiger partial charge in [-0.25, -0.2) is 8.42 Å². The Hall–Kier alpha value is -1.40. The summed E-state index contributed by atoms with van der Waals surface area (Å²) in [7, 11) is -4.27. The average Bonchev–Trinajstić information content (AvgIpc) is 2.53. The van der Waals surface area contributed by atoms with Crippen LogP contribution in [0, 0.1) is 0 Å². The van der Waals surface area contributed by atoms with Crippen molar-refractivity contribution < 1.29 is 17.8 Å². The van der Waals surface area contributed by atoms with Crippen LogP contribution in [0.1, 0.15) is 15.9 Å². The zero-order valence-corrected chi connectivity index (χ0v) is 9.24. The van der Waals surface area contributed by atoms with Crippen LogP contribution in [0.5, 0.6) is 0 Å². The van der Waals surface area contributed by atoms with Crippen LogP contribution >= 0.6 is 0 Å². The summed E-state index contributed by atoms with van der Waals surface area (Å²) in [5, 5.41) is 0. The predicted molar refractivity (Wildman–Crippen MR) is 55.7 cm³/mol. The van der Waals surface area contributed by atoms with Gasteiger partial charge in [0.2, 0.25) is 0 Å². The van der Waals surface area contributed by atoms with Crippen molar-refractivity contribution in [3.63, 3.8) is 0 Å². The topological polar surface area (TPSA) is 77.5 Å². The molecule has 0 N–H and O–H groups in total. The number of carbonyl (C=O) groups is 1. The minimum Gasteiger partial charge on any atom is -0.748 e. The first-order valence-corrected chi connectivity index (χ1v) is 6.36.